The van der Waals surface area contributed by atoms with Crippen molar-refractivity contribution in [1.29, 1.82) is 0 Å². The summed E-state index contributed by atoms with van der Waals surface area (Å²) in [6, 6.07) is 14.0. The molecule has 2 nitrogen and oxygen atoms in total. The fourth-order valence-corrected chi connectivity index (χ4v) is 4.84. The molecule has 1 aliphatic carbocycles. The van der Waals surface area contributed by atoms with E-state index in [1.807, 2.05) is 30.3 Å². The van der Waals surface area contributed by atoms with Gasteiger partial charge in [0.15, 0.2) is 11.1 Å². The zero-order valence-corrected chi connectivity index (χ0v) is 15.0. The van der Waals surface area contributed by atoms with Crippen LogP contribution in [0.15, 0.2) is 47.4 Å². The Hall–Kier alpha value is -1.19. The van der Waals surface area contributed by atoms with Crippen LogP contribution in [0.4, 0.5) is 0 Å². The lowest BCUT2D eigenvalue weighted by atomic mass is 9.75. The first-order chi connectivity index (χ1) is 11.1. The molecule has 1 saturated carbocycles. The quantitative estimate of drug-likeness (QED) is 0.756. The van der Waals surface area contributed by atoms with E-state index in [0.29, 0.717) is 17.8 Å². The first-order valence-corrected chi connectivity index (χ1v) is 9.70. The Morgan fingerprint density at radius 3 is 2.61 bits per heavy atom. The Balaban J connectivity index is 1.84. The minimum Gasteiger partial charge on any atom is -0.283 e. The number of hydrogen-bond acceptors (Lipinski definition) is 2. The van der Waals surface area contributed by atoms with E-state index in [4.69, 9.17) is 4.18 Å². The molecule has 3 rings (SSSR count). The lowest BCUT2D eigenvalue weighted by Gasteiger charge is -2.36. The molecule has 0 aromatic heterocycles. The highest BCUT2D eigenvalue weighted by Crippen LogP contribution is 2.36. The highest BCUT2D eigenvalue weighted by molar-refractivity contribution is 7.80. The zero-order chi connectivity index (χ0) is 16.4. The smallest absolute Gasteiger partial charge is 0.190 e. The summed E-state index contributed by atoms with van der Waals surface area (Å²) in [5.74, 6) is 1.72. The van der Waals surface area contributed by atoms with Crippen molar-refractivity contribution in [3.63, 3.8) is 0 Å². The van der Waals surface area contributed by atoms with E-state index in [1.54, 1.807) is 0 Å². The third-order valence-corrected chi connectivity index (χ3v) is 6.24. The van der Waals surface area contributed by atoms with Crippen molar-refractivity contribution in [3.05, 3.63) is 42.5 Å². The van der Waals surface area contributed by atoms with Crippen molar-refractivity contribution in [2.45, 2.75) is 51.0 Å². The number of fused-ring (bicyclic) bond motifs is 1. The Bertz CT molecular complexity index is 690. The van der Waals surface area contributed by atoms with Gasteiger partial charge in [0, 0.05) is 5.39 Å². The van der Waals surface area contributed by atoms with Gasteiger partial charge in [-0.05, 0) is 42.0 Å². The summed E-state index contributed by atoms with van der Waals surface area (Å²) < 4.78 is 19.0. The van der Waals surface area contributed by atoms with Gasteiger partial charge in [-0.25, -0.2) is 4.21 Å². The molecule has 1 unspecified atom stereocenters. The van der Waals surface area contributed by atoms with E-state index < -0.39 is 11.1 Å². The lowest BCUT2D eigenvalue weighted by Crippen LogP contribution is -2.34. The Morgan fingerprint density at radius 2 is 1.83 bits per heavy atom. The minimum absolute atomic E-state index is 0.0959. The molecule has 23 heavy (non-hydrogen) atoms. The molecule has 0 spiro atoms. The molecule has 0 heterocycles. The van der Waals surface area contributed by atoms with Crippen LogP contribution >= 0.6 is 0 Å². The first kappa shape index (κ1) is 16.7. The summed E-state index contributed by atoms with van der Waals surface area (Å²) in [5, 5.41) is 2.14. The Morgan fingerprint density at radius 1 is 1.09 bits per heavy atom. The van der Waals surface area contributed by atoms with E-state index in [0.717, 1.165) is 22.1 Å². The van der Waals surface area contributed by atoms with Crippen LogP contribution in [0.3, 0.4) is 0 Å². The Labute approximate surface area is 141 Å². The van der Waals surface area contributed by atoms with Crippen molar-refractivity contribution in [3.8, 4) is 0 Å². The van der Waals surface area contributed by atoms with Gasteiger partial charge in [0.05, 0.1) is 11.0 Å². The molecule has 0 saturated heterocycles. The van der Waals surface area contributed by atoms with Crippen LogP contribution in [0.1, 0.15) is 40.0 Å². The highest BCUT2D eigenvalue weighted by Gasteiger charge is 2.33. The van der Waals surface area contributed by atoms with E-state index >= 15 is 0 Å². The third kappa shape index (κ3) is 3.67. The van der Waals surface area contributed by atoms with Crippen LogP contribution in [-0.4, -0.2) is 10.3 Å². The number of rotatable bonds is 4. The molecule has 2 aromatic rings. The second kappa shape index (κ2) is 7.14. The van der Waals surface area contributed by atoms with Crippen LogP contribution in [0.5, 0.6) is 0 Å². The van der Waals surface area contributed by atoms with E-state index in [9.17, 15) is 4.21 Å². The van der Waals surface area contributed by atoms with Gasteiger partial charge in [0.2, 0.25) is 0 Å². The normalized spacial score (nSPS) is 26.5. The van der Waals surface area contributed by atoms with Gasteiger partial charge in [0.25, 0.3) is 0 Å². The van der Waals surface area contributed by atoms with Crippen molar-refractivity contribution in [2.24, 2.45) is 17.8 Å². The van der Waals surface area contributed by atoms with Gasteiger partial charge in [0.1, 0.15) is 0 Å². The fourth-order valence-electron chi connectivity index (χ4n) is 3.73. The van der Waals surface area contributed by atoms with E-state index in [-0.39, 0.29) is 6.10 Å². The number of hydrogen-bond donors (Lipinski definition) is 0. The summed E-state index contributed by atoms with van der Waals surface area (Å²) in [7, 11) is 0. The summed E-state index contributed by atoms with van der Waals surface area (Å²) in [6.07, 6.45) is 3.54. The molecular formula is C20H26O2S. The van der Waals surface area contributed by atoms with Crippen molar-refractivity contribution < 1.29 is 8.39 Å². The molecule has 0 bridgehead atoms. The average molecular weight is 330 g/mol. The maximum atomic E-state index is 12.9. The van der Waals surface area contributed by atoms with Crippen LogP contribution in [0.25, 0.3) is 10.8 Å². The molecule has 1 fully saturated rings. The minimum atomic E-state index is -1.41. The summed E-state index contributed by atoms with van der Waals surface area (Å²) >= 11 is -1.41. The summed E-state index contributed by atoms with van der Waals surface area (Å²) in [6.45, 7) is 6.77. The summed E-state index contributed by atoms with van der Waals surface area (Å²) in [4.78, 5) is 0.795. The van der Waals surface area contributed by atoms with Crippen molar-refractivity contribution in [1.82, 2.24) is 0 Å². The van der Waals surface area contributed by atoms with Crippen LogP contribution in [-0.2, 0) is 15.3 Å². The second-order valence-corrected chi connectivity index (χ2v) is 8.27. The maximum Gasteiger partial charge on any atom is 0.190 e. The second-order valence-electron chi connectivity index (χ2n) is 7.17. The van der Waals surface area contributed by atoms with E-state index in [2.05, 4.69) is 32.9 Å². The molecule has 0 N–H and O–H groups in total. The van der Waals surface area contributed by atoms with Gasteiger partial charge in [-0.15, -0.1) is 0 Å². The van der Waals surface area contributed by atoms with Crippen LogP contribution in [0.2, 0.25) is 0 Å². The molecule has 2 aromatic carbocycles. The maximum absolute atomic E-state index is 12.9. The van der Waals surface area contributed by atoms with Crippen molar-refractivity contribution >= 4 is 21.9 Å². The molecule has 124 valence electrons. The Kier molecular flexibility index (Phi) is 5.17. The first-order valence-electron chi connectivity index (χ1n) is 8.63. The zero-order valence-electron chi connectivity index (χ0n) is 14.2. The van der Waals surface area contributed by atoms with Gasteiger partial charge in [-0.3, -0.25) is 4.18 Å². The fraction of sp³-hybridized carbons (Fsp3) is 0.500. The monoisotopic (exact) mass is 330 g/mol. The number of benzene rings is 2. The lowest BCUT2D eigenvalue weighted by molar-refractivity contribution is 0.0567. The molecule has 0 radical (unpaired) electrons. The molecule has 0 amide bonds. The molecule has 1 aliphatic rings. The average Bonchev–Trinajstić information content (AvgIpc) is 2.54. The standard InChI is InChI=1S/C20H26O2S/c1-14(2)17-12-11-15(3)13-19(17)22-23(21)20-10-6-8-16-7-4-5-9-18(16)20/h4-10,14-15,17,19H,11-13H2,1-3H3/t15-,17+,19-,23?/m1/s1. The summed E-state index contributed by atoms with van der Waals surface area (Å²) in [5.41, 5.74) is 0. The SMILES string of the molecule is CC(C)[C@@H]1CC[C@@H](C)C[C@H]1OS(=O)c1cccc2ccccc12. The van der Waals surface area contributed by atoms with E-state index in [1.165, 1.54) is 12.8 Å². The topological polar surface area (TPSA) is 26.3 Å². The highest BCUT2D eigenvalue weighted by atomic mass is 32.2. The molecular weight excluding hydrogens is 304 g/mol. The van der Waals surface area contributed by atoms with Gasteiger partial charge < -0.3 is 0 Å². The molecule has 3 heteroatoms. The van der Waals surface area contributed by atoms with Gasteiger partial charge >= 0.3 is 0 Å². The third-order valence-electron chi connectivity index (χ3n) is 5.10. The van der Waals surface area contributed by atoms with Crippen LogP contribution < -0.4 is 0 Å². The van der Waals surface area contributed by atoms with Crippen LogP contribution in [0, 0.1) is 17.8 Å². The van der Waals surface area contributed by atoms with Gasteiger partial charge in [-0.2, -0.15) is 0 Å². The predicted octanol–water partition coefficient (Wildman–Crippen LogP) is 5.34. The van der Waals surface area contributed by atoms with Gasteiger partial charge in [-0.1, -0.05) is 63.6 Å². The molecule has 0 aliphatic heterocycles. The molecule has 4 atom stereocenters. The van der Waals surface area contributed by atoms with Crippen molar-refractivity contribution in [2.75, 3.05) is 0 Å². The largest absolute Gasteiger partial charge is 0.283 e. The predicted molar refractivity (Wildman–Crippen MR) is 96.6 cm³/mol.